The maximum Gasteiger partial charge on any atom is 0.251 e. The Labute approximate surface area is 190 Å². The Morgan fingerprint density at radius 3 is 2.59 bits per heavy atom. The number of carbonyl (C=O) groups excluding carboxylic acids is 2. The first-order valence-electron chi connectivity index (χ1n) is 12.2. The minimum atomic E-state index is -0.570. The van der Waals surface area contributed by atoms with E-state index in [1.807, 2.05) is 11.8 Å². The van der Waals surface area contributed by atoms with Crippen molar-refractivity contribution in [3.63, 3.8) is 0 Å². The zero-order valence-electron chi connectivity index (χ0n) is 19.5. The number of aliphatic hydroxyl groups is 1. The van der Waals surface area contributed by atoms with Crippen molar-refractivity contribution in [2.24, 2.45) is 29.1 Å². The van der Waals surface area contributed by atoms with E-state index in [4.69, 9.17) is 0 Å². The number of benzene rings is 1. The van der Waals surface area contributed by atoms with Gasteiger partial charge in [0.25, 0.3) is 5.91 Å². The zero-order chi connectivity index (χ0) is 23.0. The van der Waals surface area contributed by atoms with Gasteiger partial charge in [0, 0.05) is 30.6 Å². The molecule has 1 aliphatic heterocycles. The van der Waals surface area contributed by atoms with Crippen molar-refractivity contribution in [3.05, 3.63) is 35.6 Å². The van der Waals surface area contributed by atoms with Crippen LogP contribution in [0.4, 0.5) is 4.39 Å². The van der Waals surface area contributed by atoms with Crippen LogP contribution in [0.3, 0.4) is 0 Å². The van der Waals surface area contributed by atoms with Gasteiger partial charge in [0.15, 0.2) is 0 Å². The molecule has 2 saturated carbocycles. The number of carbonyl (C=O) groups is 2. The zero-order valence-corrected chi connectivity index (χ0v) is 19.5. The third-order valence-corrected chi connectivity index (χ3v) is 8.74. The van der Waals surface area contributed by atoms with Crippen LogP contribution in [0.5, 0.6) is 0 Å². The summed E-state index contributed by atoms with van der Waals surface area (Å²) in [4.78, 5) is 27.7. The van der Waals surface area contributed by atoms with E-state index in [-0.39, 0.29) is 46.9 Å². The van der Waals surface area contributed by atoms with Crippen LogP contribution >= 0.6 is 0 Å². The summed E-state index contributed by atoms with van der Waals surface area (Å²) in [5, 5.41) is 14.6. The quantitative estimate of drug-likeness (QED) is 0.737. The molecule has 1 saturated heterocycles. The number of likely N-dealkylation sites (tertiary alicyclic amines) is 1. The van der Waals surface area contributed by atoms with E-state index in [1.54, 1.807) is 12.1 Å². The van der Waals surface area contributed by atoms with Crippen LogP contribution in [-0.4, -0.2) is 47.1 Å². The summed E-state index contributed by atoms with van der Waals surface area (Å²) < 4.78 is 13.6. The van der Waals surface area contributed by atoms with Crippen molar-refractivity contribution in [1.82, 2.24) is 10.2 Å². The summed E-state index contributed by atoms with van der Waals surface area (Å²) in [6.45, 7) is 8.01. The second-order valence-corrected chi connectivity index (χ2v) is 10.7. The highest BCUT2D eigenvalue weighted by Crippen LogP contribution is 2.55. The molecule has 0 spiro atoms. The summed E-state index contributed by atoms with van der Waals surface area (Å²) in [6.07, 6.45) is 5.18. The molecule has 2 aliphatic carbocycles. The molecule has 3 aliphatic rings. The van der Waals surface area contributed by atoms with Crippen LogP contribution < -0.4 is 5.32 Å². The highest BCUT2D eigenvalue weighted by atomic mass is 19.1. The fourth-order valence-corrected chi connectivity index (χ4v) is 6.79. The van der Waals surface area contributed by atoms with E-state index < -0.39 is 11.9 Å². The van der Waals surface area contributed by atoms with Crippen molar-refractivity contribution in [1.29, 1.82) is 0 Å². The number of amides is 2. The molecule has 32 heavy (non-hydrogen) atoms. The van der Waals surface area contributed by atoms with Crippen LogP contribution in [0.15, 0.2) is 24.3 Å². The predicted molar refractivity (Wildman–Crippen MR) is 121 cm³/mol. The molecule has 176 valence electrons. The van der Waals surface area contributed by atoms with E-state index in [0.29, 0.717) is 5.56 Å². The van der Waals surface area contributed by atoms with Gasteiger partial charge in [0.1, 0.15) is 5.82 Å². The lowest BCUT2D eigenvalue weighted by Crippen LogP contribution is -2.58. The number of hydrogen-bond donors (Lipinski definition) is 2. The molecule has 1 aromatic rings. The molecule has 0 aromatic heterocycles. The molecule has 5 nitrogen and oxygen atoms in total. The second-order valence-electron chi connectivity index (χ2n) is 10.7. The topological polar surface area (TPSA) is 69.6 Å². The van der Waals surface area contributed by atoms with E-state index >= 15 is 0 Å². The molecule has 0 unspecified atom stereocenters. The van der Waals surface area contributed by atoms with E-state index in [0.717, 1.165) is 51.6 Å². The van der Waals surface area contributed by atoms with Crippen LogP contribution in [0, 0.1) is 34.9 Å². The average molecular weight is 445 g/mol. The Kier molecular flexibility index (Phi) is 6.62. The van der Waals surface area contributed by atoms with Crippen molar-refractivity contribution in [2.45, 2.75) is 71.4 Å². The molecule has 1 heterocycles. The summed E-state index contributed by atoms with van der Waals surface area (Å²) in [6, 6.07) is 5.66. The summed E-state index contributed by atoms with van der Waals surface area (Å²) >= 11 is 0. The fourth-order valence-electron chi connectivity index (χ4n) is 6.79. The summed E-state index contributed by atoms with van der Waals surface area (Å²) in [5.41, 5.74) is 0.323. The monoisotopic (exact) mass is 444 g/mol. The lowest BCUT2D eigenvalue weighted by atomic mass is 9.51. The number of nitrogens with zero attached hydrogens (tertiary/aromatic N) is 1. The maximum absolute atomic E-state index is 13.6. The number of halogens is 1. The molecule has 0 bridgehead atoms. The third kappa shape index (κ3) is 4.30. The first-order valence-corrected chi connectivity index (χ1v) is 12.2. The second kappa shape index (κ2) is 9.12. The van der Waals surface area contributed by atoms with Crippen molar-refractivity contribution in [3.8, 4) is 0 Å². The Morgan fingerprint density at radius 2 is 1.91 bits per heavy atom. The number of hydrogen-bond acceptors (Lipinski definition) is 3. The molecule has 7 atom stereocenters. The largest absolute Gasteiger partial charge is 0.392 e. The van der Waals surface area contributed by atoms with E-state index in [9.17, 15) is 19.1 Å². The molecule has 0 radical (unpaired) electrons. The Hall–Kier alpha value is -1.95. The van der Waals surface area contributed by atoms with Gasteiger partial charge in [-0.25, -0.2) is 4.39 Å². The molecule has 3 fully saturated rings. The fraction of sp³-hybridized carbons (Fsp3) is 0.692. The van der Waals surface area contributed by atoms with Crippen LogP contribution in [0.25, 0.3) is 0 Å². The van der Waals surface area contributed by atoms with Gasteiger partial charge in [0.2, 0.25) is 5.91 Å². The standard InChI is InChI=1S/C26H37FN2O3/c1-16(25(32)29-13-4-5-14-29)20-9-11-26(3)12-10-21(17(2)22(26)23(20)30)28-24(31)18-7-6-8-19(27)15-18/h6-8,15-17,20-23,30H,4-5,9-14H2,1-3H3,(H,28,31)/t16-,17-,20+,21-,22+,23-,26+/m0/s1. The molecule has 6 heteroatoms. The number of rotatable bonds is 4. The van der Waals surface area contributed by atoms with E-state index in [1.165, 1.54) is 12.1 Å². The summed E-state index contributed by atoms with van der Waals surface area (Å²) in [7, 11) is 0. The molecule has 1 aromatic carbocycles. The maximum atomic E-state index is 13.6. The normalized spacial score (nSPS) is 35.8. The number of aliphatic hydroxyl groups excluding tert-OH is 1. The first kappa shape index (κ1) is 23.2. The van der Waals surface area contributed by atoms with Crippen molar-refractivity contribution in [2.75, 3.05) is 13.1 Å². The highest BCUT2D eigenvalue weighted by Gasteiger charge is 2.54. The first-order chi connectivity index (χ1) is 15.2. The van der Waals surface area contributed by atoms with Gasteiger partial charge < -0.3 is 15.3 Å². The van der Waals surface area contributed by atoms with Gasteiger partial charge >= 0.3 is 0 Å². The molecule has 2 amide bonds. The molecular weight excluding hydrogens is 407 g/mol. The van der Waals surface area contributed by atoms with Gasteiger partial charge in [-0.3, -0.25) is 9.59 Å². The number of fused-ring (bicyclic) bond motifs is 1. The van der Waals surface area contributed by atoms with Gasteiger partial charge in [-0.05, 0) is 79.9 Å². The van der Waals surface area contributed by atoms with Crippen LogP contribution in [0.2, 0.25) is 0 Å². The van der Waals surface area contributed by atoms with Crippen molar-refractivity contribution >= 4 is 11.8 Å². The van der Waals surface area contributed by atoms with Gasteiger partial charge in [-0.1, -0.05) is 26.8 Å². The molecule has 2 N–H and O–H groups in total. The minimum Gasteiger partial charge on any atom is -0.392 e. The Bertz CT molecular complexity index is 855. The van der Waals surface area contributed by atoms with E-state index in [2.05, 4.69) is 19.2 Å². The van der Waals surface area contributed by atoms with Crippen LogP contribution in [-0.2, 0) is 4.79 Å². The average Bonchev–Trinajstić information content (AvgIpc) is 3.30. The van der Waals surface area contributed by atoms with Gasteiger partial charge in [-0.15, -0.1) is 0 Å². The van der Waals surface area contributed by atoms with Crippen LogP contribution in [0.1, 0.15) is 69.7 Å². The lowest BCUT2D eigenvalue weighted by molar-refractivity contribution is -0.149. The SMILES string of the molecule is C[C@@H]1[C@@H]2[C@@H](O)[C@@H]([C@H](C)C(=O)N3CCCC3)CC[C@]2(C)CC[C@@H]1NC(=O)c1cccc(F)c1. The third-order valence-electron chi connectivity index (χ3n) is 8.74. The smallest absolute Gasteiger partial charge is 0.251 e. The van der Waals surface area contributed by atoms with Gasteiger partial charge in [0.05, 0.1) is 6.10 Å². The van der Waals surface area contributed by atoms with Gasteiger partial charge in [-0.2, -0.15) is 0 Å². The molecular formula is C26H37FN2O3. The number of nitrogens with one attached hydrogen (secondary N) is 1. The Balaban J connectivity index is 1.48. The predicted octanol–water partition coefficient (Wildman–Crippen LogP) is 4.01. The van der Waals surface area contributed by atoms with Crippen molar-refractivity contribution < 1.29 is 19.1 Å². The highest BCUT2D eigenvalue weighted by molar-refractivity contribution is 5.94. The lowest BCUT2D eigenvalue weighted by Gasteiger charge is -2.56. The molecule has 4 rings (SSSR count). The minimum absolute atomic E-state index is 0.00578. The summed E-state index contributed by atoms with van der Waals surface area (Å²) in [5.74, 6) is -0.689. The Morgan fingerprint density at radius 1 is 1.22 bits per heavy atom.